The summed E-state index contributed by atoms with van der Waals surface area (Å²) in [6, 6.07) is 3.53. The number of rotatable bonds is 4. The first kappa shape index (κ1) is 16.8. The Bertz CT molecular complexity index is 590. The maximum Gasteiger partial charge on any atom is 0.387 e. The number of hydrogen-bond donors (Lipinski definition) is 0. The molecule has 1 heterocycles. The Labute approximate surface area is 131 Å². The van der Waals surface area contributed by atoms with Crippen molar-refractivity contribution < 1.29 is 21.9 Å². The highest BCUT2D eigenvalue weighted by atomic mass is 35.5. The van der Waals surface area contributed by atoms with Gasteiger partial charge in [-0.1, -0.05) is 11.6 Å². The predicted molar refractivity (Wildman–Crippen MR) is 78.8 cm³/mol. The summed E-state index contributed by atoms with van der Waals surface area (Å²) in [7, 11) is -3.66. The second-order valence-corrected chi connectivity index (χ2v) is 7.91. The summed E-state index contributed by atoms with van der Waals surface area (Å²) in [4.78, 5) is -0.0129. The lowest BCUT2D eigenvalue weighted by Gasteiger charge is -2.20. The minimum Gasteiger partial charge on any atom is -0.433 e. The number of sulfonamides is 1. The van der Waals surface area contributed by atoms with E-state index in [-0.39, 0.29) is 15.7 Å². The summed E-state index contributed by atoms with van der Waals surface area (Å²) in [6.45, 7) is -2.13. The highest BCUT2D eigenvalue weighted by Crippen LogP contribution is 2.30. The number of benzene rings is 1. The first-order chi connectivity index (χ1) is 9.91. The average molecular weight is 358 g/mol. The molecule has 0 radical (unpaired) electrons. The monoisotopic (exact) mass is 357 g/mol. The van der Waals surface area contributed by atoms with E-state index in [1.54, 1.807) is 11.8 Å². The van der Waals surface area contributed by atoms with Crippen molar-refractivity contribution in [2.24, 2.45) is 0 Å². The quantitative estimate of drug-likeness (QED) is 0.830. The summed E-state index contributed by atoms with van der Waals surface area (Å²) < 4.78 is 54.9. The average Bonchev–Trinajstić information content (AvgIpc) is 2.69. The molecular formula is C12H14ClF2NO3S2. The molecule has 2 rings (SSSR count). The van der Waals surface area contributed by atoms with Crippen LogP contribution in [-0.2, 0) is 10.0 Å². The van der Waals surface area contributed by atoms with Crippen LogP contribution in [-0.4, -0.2) is 43.9 Å². The van der Waals surface area contributed by atoms with Gasteiger partial charge in [0.1, 0.15) is 5.75 Å². The molecule has 4 nitrogen and oxygen atoms in total. The largest absolute Gasteiger partial charge is 0.433 e. The maximum atomic E-state index is 12.5. The molecule has 0 atom stereocenters. The minimum atomic E-state index is -3.66. The number of halogens is 3. The van der Waals surface area contributed by atoms with Crippen LogP contribution in [0.5, 0.6) is 5.75 Å². The molecular weight excluding hydrogens is 344 g/mol. The topological polar surface area (TPSA) is 46.6 Å². The lowest BCUT2D eigenvalue weighted by atomic mass is 10.3. The highest BCUT2D eigenvalue weighted by Gasteiger charge is 2.26. The van der Waals surface area contributed by atoms with Crippen molar-refractivity contribution in [3.63, 3.8) is 0 Å². The third-order valence-corrected chi connectivity index (χ3v) is 6.18. The molecule has 1 aromatic rings. The number of nitrogens with zero attached hydrogens (tertiary/aromatic N) is 1. The maximum absolute atomic E-state index is 12.5. The first-order valence-electron chi connectivity index (χ1n) is 6.23. The Morgan fingerprint density at radius 1 is 1.29 bits per heavy atom. The number of hydrogen-bond acceptors (Lipinski definition) is 4. The van der Waals surface area contributed by atoms with E-state index in [9.17, 15) is 17.2 Å². The van der Waals surface area contributed by atoms with Gasteiger partial charge in [-0.25, -0.2) is 8.42 Å². The molecule has 1 aliphatic rings. The van der Waals surface area contributed by atoms with E-state index < -0.39 is 16.6 Å². The van der Waals surface area contributed by atoms with Gasteiger partial charge < -0.3 is 4.74 Å². The molecule has 0 amide bonds. The van der Waals surface area contributed by atoms with Crippen LogP contribution in [0.2, 0.25) is 5.02 Å². The summed E-state index contributed by atoms with van der Waals surface area (Å²) in [5.74, 6) is 1.42. The fourth-order valence-electron chi connectivity index (χ4n) is 1.95. The molecule has 9 heteroatoms. The molecule has 1 aliphatic heterocycles. The van der Waals surface area contributed by atoms with Crippen molar-refractivity contribution in [3.05, 3.63) is 23.2 Å². The van der Waals surface area contributed by atoms with E-state index in [1.807, 2.05) is 0 Å². The van der Waals surface area contributed by atoms with Crippen LogP contribution in [0.3, 0.4) is 0 Å². The number of alkyl halides is 2. The molecule has 0 aliphatic carbocycles. The zero-order chi connectivity index (χ0) is 15.5. The molecule has 0 N–H and O–H groups in total. The van der Waals surface area contributed by atoms with Gasteiger partial charge in [-0.05, 0) is 30.4 Å². The van der Waals surface area contributed by atoms with Gasteiger partial charge in [0.25, 0.3) is 0 Å². The molecule has 1 aromatic carbocycles. The van der Waals surface area contributed by atoms with Gasteiger partial charge >= 0.3 is 6.61 Å². The van der Waals surface area contributed by atoms with E-state index in [4.69, 9.17) is 11.6 Å². The van der Waals surface area contributed by atoms with Gasteiger partial charge in [-0.3, -0.25) is 0 Å². The molecule has 0 unspecified atom stereocenters. The molecule has 0 aromatic heterocycles. The Morgan fingerprint density at radius 2 is 2.05 bits per heavy atom. The van der Waals surface area contributed by atoms with Crippen LogP contribution in [0.4, 0.5) is 8.78 Å². The van der Waals surface area contributed by atoms with Crippen LogP contribution in [0.15, 0.2) is 23.1 Å². The standard InChI is InChI=1S/C12H14ClF2NO3S2/c13-10-8-9(2-3-11(10)19-12(14)15)21(17,18)16-4-1-6-20-7-5-16/h2-3,8,12H,1,4-7H2. The van der Waals surface area contributed by atoms with E-state index in [1.165, 1.54) is 10.4 Å². The Balaban J connectivity index is 2.25. The van der Waals surface area contributed by atoms with E-state index in [0.717, 1.165) is 30.1 Å². The lowest BCUT2D eigenvalue weighted by molar-refractivity contribution is -0.0498. The van der Waals surface area contributed by atoms with E-state index in [2.05, 4.69) is 4.74 Å². The smallest absolute Gasteiger partial charge is 0.387 e. The van der Waals surface area contributed by atoms with Crippen molar-refractivity contribution >= 4 is 33.4 Å². The van der Waals surface area contributed by atoms with Crippen LogP contribution in [0.25, 0.3) is 0 Å². The van der Waals surface area contributed by atoms with Gasteiger partial charge in [-0.2, -0.15) is 24.8 Å². The second-order valence-electron chi connectivity index (χ2n) is 4.34. The van der Waals surface area contributed by atoms with Crippen molar-refractivity contribution in [2.75, 3.05) is 24.6 Å². The zero-order valence-electron chi connectivity index (χ0n) is 11.0. The third-order valence-electron chi connectivity index (χ3n) is 2.94. The van der Waals surface area contributed by atoms with Gasteiger partial charge in [-0.15, -0.1) is 0 Å². The number of ether oxygens (including phenoxy) is 1. The zero-order valence-corrected chi connectivity index (χ0v) is 13.4. The molecule has 118 valence electrons. The third kappa shape index (κ3) is 4.21. The molecule has 21 heavy (non-hydrogen) atoms. The van der Waals surface area contributed by atoms with Crippen LogP contribution in [0, 0.1) is 0 Å². The van der Waals surface area contributed by atoms with Crippen molar-refractivity contribution in [1.82, 2.24) is 4.31 Å². The Morgan fingerprint density at radius 3 is 2.71 bits per heavy atom. The van der Waals surface area contributed by atoms with Crippen LogP contribution >= 0.6 is 23.4 Å². The lowest BCUT2D eigenvalue weighted by Crippen LogP contribution is -2.33. The summed E-state index contributed by atoms with van der Waals surface area (Å²) in [5, 5.41) is -0.152. The van der Waals surface area contributed by atoms with Crippen LogP contribution < -0.4 is 4.74 Å². The van der Waals surface area contributed by atoms with E-state index >= 15 is 0 Å². The normalized spacial score (nSPS) is 17.7. The predicted octanol–water partition coefficient (Wildman–Crippen LogP) is 3.07. The van der Waals surface area contributed by atoms with E-state index in [0.29, 0.717) is 13.1 Å². The van der Waals surface area contributed by atoms with Crippen LogP contribution in [0.1, 0.15) is 6.42 Å². The minimum absolute atomic E-state index is 0.0129. The van der Waals surface area contributed by atoms with Gasteiger partial charge in [0, 0.05) is 18.8 Å². The number of thioether (sulfide) groups is 1. The summed E-state index contributed by atoms with van der Waals surface area (Å²) in [6.07, 6.45) is 0.782. The van der Waals surface area contributed by atoms with Crippen molar-refractivity contribution in [2.45, 2.75) is 17.9 Å². The fourth-order valence-corrected chi connectivity index (χ4v) is 4.74. The Kier molecular flexibility index (Phi) is 5.70. The van der Waals surface area contributed by atoms with Crippen molar-refractivity contribution in [1.29, 1.82) is 0 Å². The molecule has 1 saturated heterocycles. The summed E-state index contributed by atoms with van der Waals surface area (Å²) in [5.41, 5.74) is 0. The second kappa shape index (κ2) is 7.13. The van der Waals surface area contributed by atoms with Crippen molar-refractivity contribution in [3.8, 4) is 5.75 Å². The highest BCUT2D eigenvalue weighted by molar-refractivity contribution is 7.99. The molecule has 1 fully saturated rings. The summed E-state index contributed by atoms with van der Waals surface area (Å²) >= 11 is 7.51. The first-order valence-corrected chi connectivity index (χ1v) is 9.21. The SMILES string of the molecule is O=S(=O)(c1ccc(OC(F)F)c(Cl)c1)N1CCCSCC1. The molecule has 0 spiro atoms. The van der Waals surface area contributed by atoms with Gasteiger partial charge in [0.2, 0.25) is 10.0 Å². The Hall–Kier alpha value is -0.570. The molecule has 0 saturated carbocycles. The molecule has 0 bridgehead atoms. The van der Waals surface area contributed by atoms with Gasteiger partial charge in [0.05, 0.1) is 9.92 Å². The fraction of sp³-hybridized carbons (Fsp3) is 0.500. The van der Waals surface area contributed by atoms with Gasteiger partial charge in [0.15, 0.2) is 0 Å².